The Balaban J connectivity index is 1.99. The van der Waals surface area contributed by atoms with E-state index >= 15 is 0 Å². The second-order valence-electron chi connectivity index (χ2n) is 5.42. The Morgan fingerprint density at radius 2 is 2.14 bits per heavy atom. The zero-order valence-electron chi connectivity index (χ0n) is 12.2. The lowest BCUT2D eigenvalue weighted by Crippen LogP contribution is -2.37. The van der Waals surface area contributed by atoms with E-state index in [4.69, 9.17) is 28.3 Å². The molecule has 1 aromatic heterocycles. The molecule has 0 aromatic carbocycles. The second kappa shape index (κ2) is 7.64. The molecule has 0 bridgehead atoms. The molecule has 1 aliphatic rings. The molecule has 0 spiro atoms. The van der Waals surface area contributed by atoms with Crippen LogP contribution in [0, 0.1) is 0 Å². The number of carboxylic acid groups (broad SMARTS) is 1. The Kier molecular flexibility index (Phi) is 6.09. The van der Waals surface area contributed by atoms with Crippen molar-refractivity contribution in [1.82, 2.24) is 9.80 Å². The molecule has 0 unspecified atom stereocenters. The van der Waals surface area contributed by atoms with E-state index in [-0.39, 0.29) is 18.5 Å². The molecule has 22 heavy (non-hydrogen) atoms. The molecule has 1 aliphatic heterocycles. The van der Waals surface area contributed by atoms with Crippen molar-refractivity contribution in [2.24, 2.45) is 0 Å². The first kappa shape index (κ1) is 17.5. The fourth-order valence-electron chi connectivity index (χ4n) is 2.72. The first-order chi connectivity index (χ1) is 10.4. The quantitative estimate of drug-likeness (QED) is 0.891. The van der Waals surface area contributed by atoms with Gasteiger partial charge in [-0.25, -0.2) is 0 Å². The Morgan fingerprint density at radius 1 is 1.41 bits per heavy atom. The predicted molar refractivity (Wildman–Crippen MR) is 88.1 cm³/mol. The van der Waals surface area contributed by atoms with Crippen LogP contribution in [0.4, 0.5) is 0 Å². The number of aliphatic carboxylic acids is 1. The molecule has 122 valence electrons. The zero-order chi connectivity index (χ0) is 16.3. The summed E-state index contributed by atoms with van der Waals surface area (Å²) in [5.41, 5.74) is 0.453. The van der Waals surface area contributed by atoms with Crippen LogP contribution in [-0.2, 0) is 4.79 Å². The van der Waals surface area contributed by atoms with Gasteiger partial charge in [0.15, 0.2) is 0 Å². The lowest BCUT2D eigenvalue weighted by molar-refractivity contribution is -0.138. The average molecular weight is 365 g/mol. The molecular formula is C14H18Cl2N2O3S. The van der Waals surface area contributed by atoms with Crippen molar-refractivity contribution in [3.8, 4) is 0 Å². The predicted octanol–water partition coefficient (Wildman–Crippen LogP) is 3.07. The van der Waals surface area contributed by atoms with Gasteiger partial charge in [-0.05, 0) is 32.4 Å². The molecule has 8 heteroatoms. The van der Waals surface area contributed by atoms with E-state index in [1.807, 2.05) is 11.9 Å². The number of carboxylic acids is 1. The zero-order valence-corrected chi connectivity index (χ0v) is 14.5. The minimum Gasteiger partial charge on any atom is -0.480 e. The number of hydrogen-bond acceptors (Lipinski definition) is 4. The standard InChI is InChI=1S/C14H18Cl2N2O3S/c1-17(8-12(19)20)9-3-2-5-18(6-4-9)14(21)10-7-11(15)22-13(10)16/h7,9H,2-6,8H2,1H3,(H,19,20)/t9-/m1/s1. The van der Waals surface area contributed by atoms with Gasteiger partial charge in [-0.2, -0.15) is 0 Å². The van der Waals surface area contributed by atoms with Crippen molar-refractivity contribution in [2.45, 2.75) is 25.3 Å². The average Bonchev–Trinajstić information content (AvgIpc) is 2.65. The maximum absolute atomic E-state index is 12.5. The molecule has 1 atom stereocenters. The van der Waals surface area contributed by atoms with Gasteiger partial charge in [-0.3, -0.25) is 14.5 Å². The van der Waals surface area contributed by atoms with Gasteiger partial charge in [0.1, 0.15) is 4.34 Å². The number of carbonyl (C=O) groups excluding carboxylic acids is 1. The van der Waals surface area contributed by atoms with Crippen LogP contribution in [0.1, 0.15) is 29.6 Å². The molecule has 1 fully saturated rings. The first-order valence-electron chi connectivity index (χ1n) is 7.04. The number of nitrogens with zero attached hydrogens (tertiary/aromatic N) is 2. The second-order valence-corrected chi connectivity index (χ2v) is 7.71. The summed E-state index contributed by atoms with van der Waals surface area (Å²) in [6.45, 7) is 1.27. The highest BCUT2D eigenvalue weighted by atomic mass is 35.5. The highest BCUT2D eigenvalue weighted by molar-refractivity contribution is 7.20. The molecule has 0 aliphatic carbocycles. The maximum atomic E-state index is 12.5. The van der Waals surface area contributed by atoms with Crippen molar-refractivity contribution in [1.29, 1.82) is 0 Å². The van der Waals surface area contributed by atoms with E-state index in [1.54, 1.807) is 11.0 Å². The number of halogens is 2. The molecule has 1 aromatic rings. The minimum absolute atomic E-state index is 0.0184. The van der Waals surface area contributed by atoms with E-state index in [0.717, 1.165) is 19.3 Å². The molecular weight excluding hydrogens is 347 g/mol. The fourth-order valence-corrected chi connectivity index (χ4v) is 4.17. The van der Waals surface area contributed by atoms with Crippen LogP contribution in [0.15, 0.2) is 6.07 Å². The summed E-state index contributed by atoms with van der Waals surface area (Å²) in [5, 5.41) is 8.87. The number of thiophene rings is 1. The number of carbonyl (C=O) groups is 2. The van der Waals surface area contributed by atoms with Gasteiger partial charge in [0.05, 0.1) is 16.4 Å². The third-order valence-corrected chi connectivity index (χ3v) is 5.37. The largest absolute Gasteiger partial charge is 0.480 e. The molecule has 5 nitrogen and oxygen atoms in total. The smallest absolute Gasteiger partial charge is 0.317 e. The third-order valence-electron chi connectivity index (χ3n) is 3.88. The van der Waals surface area contributed by atoms with Crippen molar-refractivity contribution in [3.05, 3.63) is 20.3 Å². The van der Waals surface area contributed by atoms with Crippen LogP contribution in [0.25, 0.3) is 0 Å². The van der Waals surface area contributed by atoms with Gasteiger partial charge in [0.25, 0.3) is 5.91 Å². The van der Waals surface area contributed by atoms with Gasteiger partial charge in [0, 0.05) is 19.1 Å². The lowest BCUT2D eigenvalue weighted by atomic mass is 10.1. The number of likely N-dealkylation sites (N-methyl/N-ethyl adjacent to an activating group) is 1. The third kappa shape index (κ3) is 4.35. The molecule has 0 saturated carbocycles. The van der Waals surface area contributed by atoms with Crippen LogP contribution < -0.4 is 0 Å². The first-order valence-corrected chi connectivity index (χ1v) is 8.62. The van der Waals surface area contributed by atoms with E-state index in [9.17, 15) is 9.59 Å². The lowest BCUT2D eigenvalue weighted by Gasteiger charge is -2.25. The van der Waals surface area contributed by atoms with E-state index in [0.29, 0.717) is 27.3 Å². The summed E-state index contributed by atoms with van der Waals surface area (Å²) in [7, 11) is 1.81. The minimum atomic E-state index is -0.834. The molecule has 1 saturated heterocycles. The molecule has 2 rings (SSSR count). The number of amides is 1. The SMILES string of the molecule is CN(CC(=O)O)[C@@H]1CCCN(C(=O)c2cc(Cl)sc2Cl)CC1. The van der Waals surface area contributed by atoms with Gasteiger partial charge in [-0.1, -0.05) is 23.2 Å². The van der Waals surface area contributed by atoms with Gasteiger partial charge in [0.2, 0.25) is 0 Å². The summed E-state index contributed by atoms with van der Waals surface area (Å²) < 4.78 is 0.918. The highest BCUT2D eigenvalue weighted by Gasteiger charge is 2.26. The Labute approximate surface area is 143 Å². The van der Waals surface area contributed by atoms with Crippen LogP contribution in [-0.4, -0.2) is 59.5 Å². The molecule has 1 N–H and O–H groups in total. The van der Waals surface area contributed by atoms with Crippen LogP contribution in [0.3, 0.4) is 0 Å². The van der Waals surface area contributed by atoms with E-state index in [2.05, 4.69) is 0 Å². The Morgan fingerprint density at radius 3 is 2.73 bits per heavy atom. The number of likely N-dealkylation sites (tertiary alicyclic amines) is 1. The van der Waals surface area contributed by atoms with Gasteiger partial charge < -0.3 is 10.0 Å². The monoisotopic (exact) mass is 364 g/mol. The molecule has 0 radical (unpaired) electrons. The van der Waals surface area contributed by atoms with Crippen LogP contribution in [0.5, 0.6) is 0 Å². The maximum Gasteiger partial charge on any atom is 0.317 e. The number of rotatable bonds is 4. The topological polar surface area (TPSA) is 60.9 Å². The van der Waals surface area contributed by atoms with Crippen molar-refractivity contribution < 1.29 is 14.7 Å². The highest BCUT2D eigenvalue weighted by Crippen LogP contribution is 2.32. The summed E-state index contributed by atoms with van der Waals surface area (Å²) in [4.78, 5) is 26.9. The van der Waals surface area contributed by atoms with Gasteiger partial charge in [-0.15, -0.1) is 11.3 Å². The normalized spacial score (nSPS) is 19.3. The van der Waals surface area contributed by atoms with Crippen molar-refractivity contribution in [3.63, 3.8) is 0 Å². The van der Waals surface area contributed by atoms with Crippen LogP contribution in [0.2, 0.25) is 8.67 Å². The molecule has 2 heterocycles. The summed E-state index contributed by atoms with van der Waals surface area (Å²) >= 11 is 13.1. The van der Waals surface area contributed by atoms with E-state index in [1.165, 1.54) is 11.3 Å². The Bertz CT molecular complexity index is 564. The number of hydrogen-bond donors (Lipinski definition) is 1. The Hall–Kier alpha value is -0.820. The van der Waals surface area contributed by atoms with Crippen LogP contribution >= 0.6 is 34.5 Å². The summed E-state index contributed by atoms with van der Waals surface area (Å²) in [6, 6.07) is 1.78. The summed E-state index contributed by atoms with van der Waals surface area (Å²) in [5.74, 6) is -0.936. The van der Waals surface area contributed by atoms with Crippen molar-refractivity contribution in [2.75, 3.05) is 26.7 Å². The van der Waals surface area contributed by atoms with E-state index < -0.39 is 5.97 Å². The molecule has 1 amide bonds. The summed E-state index contributed by atoms with van der Waals surface area (Å²) in [6.07, 6.45) is 2.48. The van der Waals surface area contributed by atoms with Gasteiger partial charge >= 0.3 is 5.97 Å². The fraction of sp³-hybridized carbons (Fsp3) is 0.571. The van der Waals surface area contributed by atoms with Crippen molar-refractivity contribution >= 4 is 46.4 Å².